The SMILES string of the molecule is c1ccc(-c2ccc(-c3ccc(-c4cc(-c5ccc(-c6cccc7ccccc67)cc5)cc(-c5ccc(-c6cccc7c8ccccc8n(-c8ccccc8)c67)cc5)n4)cc3)cc2)cc1. The molecule has 0 N–H and O–H groups in total. The molecule has 0 spiro atoms. The van der Waals surface area contributed by atoms with E-state index in [9.17, 15) is 0 Å². The van der Waals surface area contributed by atoms with Gasteiger partial charge in [0.15, 0.2) is 0 Å². The van der Waals surface area contributed by atoms with E-state index in [-0.39, 0.29) is 0 Å². The average Bonchev–Trinajstić information content (AvgIpc) is 3.74. The molecule has 0 unspecified atom stereocenters. The normalized spacial score (nSPS) is 11.4. The number of aromatic nitrogens is 2. The smallest absolute Gasteiger partial charge is 0.0715 e. The standard InChI is InChI=1S/C63H42N2/c1-3-13-43(14-4-1)44-25-27-45(28-26-44)46-31-37-51(38-32-46)60-41-53(47-29-33-49(34-30-47)56-21-11-16-48-15-7-8-19-55(48)56)42-61(64-60)52-39-35-50(36-40-52)57-22-12-23-59-58-20-9-10-24-62(58)65(63(57)59)54-17-5-2-6-18-54/h1-42H. The summed E-state index contributed by atoms with van der Waals surface area (Å²) in [6, 6.07) is 91.8. The highest BCUT2D eigenvalue weighted by molar-refractivity contribution is 6.13. The minimum atomic E-state index is 0.930. The first-order valence-corrected chi connectivity index (χ1v) is 22.3. The molecule has 0 saturated heterocycles. The Balaban J connectivity index is 0.935. The fourth-order valence-corrected chi connectivity index (χ4v) is 9.55. The topological polar surface area (TPSA) is 17.8 Å². The molecule has 2 heterocycles. The van der Waals surface area contributed by atoms with Crippen LogP contribution in [0, 0.1) is 0 Å². The molecule has 0 atom stereocenters. The van der Waals surface area contributed by atoms with Gasteiger partial charge in [-0.05, 0) is 91.2 Å². The second-order valence-electron chi connectivity index (χ2n) is 16.7. The van der Waals surface area contributed by atoms with Crippen LogP contribution in [-0.4, -0.2) is 9.55 Å². The van der Waals surface area contributed by atoms with Crippen molar-refractivity contribution in [3.05, 3.63) is 255 Å². The lowest BCUT2D eigenvalue weighted by Gasteiger charge is -2.13. The number of nitrogens with zero attached hydrogens (tertiary/aromatic N) is 2. The van der Waals surface area contributed by atoms with Crippen molar-refractivity contribution in [2.75, 3.05) is 0 Å². The van der Waals surface area contributed by atoms with Crippen LogP contribution in [0.1, 0.15) is 0 Å². The lowest BCUT2D eigenvalue weighted by molar-refractivity contribution is 1.18. The highest BCUT2D eigenvalue weighted by Gasteiger charge is 2.17. The van der Waals surface area contributed by atoms with Gasteiger partial charge < -0.3 is 4.57 Å². The maximum atomic E-state index is 5.38. The van der Waals surface area contributed by atoms with Crippen molar-refractivity contribution in [2.45, 2.75) is 0 Å². The van der Waals surface area contributed by atoms with E-state index in [2.05, 4.69) is 259 Å². The number of hydrogen-bond acceptors (Lipinski definition) is 1. The number of benzene rings is 10. The summed E-state index contributed by atoms with van der Waals surface area (Å²) in [5.74, 6) is 0. The predicted octanol–water partition coefficient (Wildman–Crippen LogP) is 17.0. The fourth-order valence-electron chi connectivity index (χ4n) is 9.55. The third-order valence-electron chi connectivity index (χ3n) is 12.9. The summed E-state index contributed by atoms with van der Waals surface area (Å²) in [5, 5.41) is 4.99. The van der Waals surface area contributed by atoms with E-state index < -0.39 is 0 Å². The van der Waals surface area contributed by atoms with Gasteiger partial charge in [-0.3, -0.25) is 0 Å². The van der Waals surface area contributed by atoms with Gasteiger partial charge in [0, 0.05) is 33.2 Å². The summed E-state index contributed by atoms with van der Waals surface area (Å²) in [5.41, 5.74) is 19.4. The molecular weight excluding hydrogens is 785 g/mol. The Morgan fingerprint density at radius 3 is 1.31 bits per heavy atom. The second-order valence-corrected chi connectivity index (χ2v) is 16.7. The monoisotopic (exact) mass is 826 g/mol. The zero-order valence-electron chi connectivity index (χ0n) is 35.6. The predicted molar refractivity (Wildman–Crippen MR) is 274 cm³/mol. The van der Waals surface area contributed by atoms with E-state index in [0.717, 1.165) is 44.9 Å². The zero-order chi connectivity index (χ0) is 43.1. The molecule has 0 aliphatic carbocycles. The van der Waals surface area contributed by atoms with Gasteiger partial charge in [-0.1, -0.05) is 224 Å². The maximum Gasteiger partial charge on any atom is 0.0715 e. The lowest BCUT2D eigenvalue weighted by Crippen LogP contribution is -1.95. The Morgan fingerprint density at radius 1 is 0.262 bits per heavy atom. The summed E-state index contributed by atoms with van der Waals surface area (Å²) in [6.45, 7) is 0. The van der Waals surface area contributed by atoms with Crippen LogP contribution in [0.4, 0.5) is 0 Å². The van der Waals surface area contributed by atoms with Crippen LogP contribution >= 0.6 is 0 Å². The number of fused-ring (bicyclic) bond motifs is 4. The van der Waals surface area contributed by atoms with Crippen molar-refractivity contribution in [1.29, 1.82) is 0 Å². The molecule has 2 nitrogen and oxygen atoms in total. The third-order valence-corrected chi connectivity index (χ3v) is 12.9. The highest BCUT2D eigenvalue weighted by atomic mass is 15.0. The summed E-state index contributed by atoms with van der Waals surface area (Å²) in [7, 11) is 0. The van der Waals surface area contributed by atoms with E-state index in [4.69, 9.17) is 4.98 Å². The van der Waals surface area contributed by atoms with E-state index in [1.165, 1.54) is 71.5 Å². The molecule has 0 bridgehead atoms. The van der Waals surface area contributed by atoms with Crippen LogP contribution in [0.25, 0.3) is 116 Å². The Kier molecular flexibility index (Phi) is 9.54. The highest BCUT2D eigenvalue weighted by Crippen LogP contribution is 2.40. The number of para-hydroxylation sites is 3. The first-order chi connectivity index (χ1) is 32.2. The molecule has 10 aromatic carbocycles. The molecule has 12 aromatic rings. The van der Waals surface area contributed by atoms with Crippen molar-refractivity contribution >= 4 is 32.6 Å². The number of pyridine rings is 1. The molecule has 12 rings (SSSR count). The molecule has 2 heteroatoms. The molecule has 0 aliphatic heterocycles. The molecular formula is C63H42N2. The zero-order valence-corrected chi connectivity index (χ0v) is 35.6. The Bertz CT molecular complexity index is 3640. The van der Waals surface area contributed by atoms with Crippen LogP contribution in [0.3, 0.4) is 0 Å². The molecule has 0 fully saturated rings. The maximum absolute atomic E-state index is 5.38. The van der Waals surface area contributed by atoms with Crippen LogP contribution in [0.5, 0.6) is 0 Å². The molecule has 0 radical (unpaired) electrons. The largest absolute Gasteiger partial charge is 0.309 e. The minimum Gasteiger partial charge on any atom is -0.309 e. The summed E-state index contributed by atoms with van der Waals surface area (Å²) in [6.07, 6.45) is 0. The minimum absolute atomic E-state index is 0.930. The van der Waals surface area contributed by atoms with Gasteiger partial charge >= 0.3 is 0 Å². The van der Waals surface area contributed by atoms with Gasteiger partial charge in [-0.25, -0.2) is 4.98 Å². The Morgan fingerprint density at radius 2 is 0.677 bits per heavy atom. The first kappa shape index (κ1) is 38.1. The Labute approximate surface area is 379 Å². The quantitative estimate of drug-likeness (QED) is 0.149. The number of rotatable bonds is 8. The third kappa shape index (κ3) is 7.08. The average molecular weight is 827 g/mol. The van der Waals surface area contributed by atoms with Crippen LogP contribution in [0.2, 0.25) is 0 Å². The van der Waals surface area contributed by atoms with Crippen molar-refractivity contribution in [1.82, 2.24) is 9.55 Å². The van der Waals surface area contributed by atoms with E-state index >= 15 is 0 Å². The summed E-state index contributed by atoms with van der Waals surface area (Å²) >= 11 is 0. The van der Waals surface area contributed by atoms with Crippen molar-refractivity contribution in [2.24, 2.45) is 0 Å². The van der Waals surface area contributed by atoms with Crippen LogP contribution < -0.4 is 0 Å². The second kappa shape index (κ2) is 16.3. The van der Waals surface area contributed by atoms with E-state index in [1.807, 2.05) is 0 Å². The van der Waals surface area contributed by atoms with Crippen LogP contribution in [0.15, 0.2) is 255 Å². The fraction of sp³-hybridized carbons (Fsp3) is 0. The molecule has 0 saturated carbocycles. The van der Waals surface area contributed by atoms with Gasteiger partial charge in [0.1, 0.15) is 0 Å². The van der Waals surface area contributed by atoms with Gasteiger partial charge in [-0.15, -0.1) is 0 Å². The van der Waals surface area contributed by atoms with E-state index in [1.54, 1.807) is 0 Å². The summed E-state index contributed by atoms with van der Waals surface area (Å²) < 4.78 is 2.40. The molecule has 0 aliphatic rings. The molecule has 2 aromatic heterocycles. The Hall–Kier alpha value is -8.59. The van der Waals surface area contributed by atoms with E-state index in [0.29, 0.717) is 0 Å². The number of hydrogen-bond donors (Lipinski definition) is 0. The van der Waals surface area contributed by atoms with Gasteiger partial charge in [0.25, 0.3) is 0 Å². The van der Waals surface area contributed by atoms with Crippen molar-refractivity contribution < 1.29 is 0 Å². The van der Waals surface area contributed by atoms with Gasteiger partial charge in [0.05, 0.1) is 22.4 Å². The lowest BCUT2D eigenvalue weighted by atomic mass is 9.94. The summed E-state index contributed by atoms with van der Waals surface area (Å²) in [4.78, 5) is 5.38. The molecule has 0 amide bonds. The van der Waals surface area contributed by atoms with Gasteiger partial charge in [-0.2, -0.15) is 0 Å². The van der Waals surface area contributed by atoms with Crippen LogP contribution in [-0.2, 0) is 0 Å². The van der Waals surface area contributed by atoms with Crippen molar-refractivity contribution in [3.63, 3.8) is 0 Å². The first-order valence-electron chi connectivity index (χ1n) is 22.3. The van der Waals surface area contributed by atoms with Gasteiger partial charge in [0.2, 0.25) is 0 Å². The molecule has 65 heavy (non-hydrogen) atoms. The molecule has 304 valence electrons. The van der Waals surface area contributed by atoms with Crippen molar-refractivity contribution in [3.8, 4) is 83.8 Å².